The molecule has 2 amide bonds. The largest absolute Gasteiger partial charge is 0.339 e. The molecular formula is C18H19FN4O4. The summed E-state index contributed by atoms with van der Waals surface area (Å²) in [5, 5.41) is 0. The van der Waals surface area contributed by atoms with Crippen LogP contribution in [0, 0.1) is 5.82 Å². The highest BCUT2D eigenvalue weighted by Crippen LogP contribution is 2.08. The maximum atomic E-state index is 13.9. The second-order valence-electron chi connectivity index (χ2n) is 6.29. The first-order valence-electron chi connectivity index (χ1n) is 8.49. The highest BCUT2D eigenvalue weighted by molar-refractivity contribution is 5.93. The summed E-state index contributed by atoms with van der Waals surface area (Å²) in [5.41, 5.74) is -1.52. The third-order valence-corrected chi connectivity index (χ3v) is 4.59. The van der Waals surface area contributed by atoms with Crippen molar-refractivity contribution in [2.75, 3.05) is 26.2 Å². The summed E-state index contributed by atoms with van der Waals surface area (Å²) in [7, 11) is 0. The molecule has 0 radical (unpaired) electrons. The molecule has 1 N–H and O–H groups in total. The van der Waals surface area contributed by atoms with Crippen LogP contribution in [0.15, 0.2) is 40.1 Å². The van der Waals surface area contributed by atoms with Gasteiger partial charge in [0.25, 0.3) is 11.5 Å². The third-order valence-electron chi connectivity index (χ3n) is 4.59. The molecule has 1 saturated heterocycles. The van der Waals surface area contributed by atoms with Gasteiger partial charge in [-0.05, 0) is 6.07 Å². The van der Waals surface area contributed by atoms with Gasteiger partial charge in [0.1, 0.15) is 11.4 Å². The Morgan fingerprint density at radius 3 is 2.33 bits per heavy atom. The van der Waals surface area contributed by atoms with Gasteiger partial charge in [0, 0.05) is 44.9 Å². The van der Waals surface area contributed by atoms with Gasteiger partial charge in [-0.15, -0.1) is 0 Å². The van der Waals surface area contributed by atoms with E-state index in [1.54, 1.807) is 11.0 Å². The van der Waals surface area contributed by atoms with Crippen LogP contribution in [0.1, 0.15) is 22.8 Å². The number of nitrogens with one attached hydrogen (secondary N) is 1. The van der Waals surface area contributed by atoms with Crippen LogP contribution in [0.2, 0.25) is 0 Å². The molecule has 1 aliphatic heterocycles. The average molecular weight is 374 g/mol. The summed E-state index contributed by atoms with van der Waals surface area (Å²) in [5.74, 6) is -1.14. The molecule has 1 aliphatic rings. The summed E-state index contributed by atoms with van der Waals surface area (Å²) in [4.78, 5) is 54.2. The van der Waals surface area contributed by atoms with Crippen LogP contribution < -0.4 is 11.2 Å². The predicted octanol–water partition coefficient (Wildman–Crippen LogP) is 0.0283. The first kappa shape index (κ1) is 18.6. The Morgan fingerprint density at radius 2 is 1.70 bits per heavy atom. The number of aromatic amines is 1. The second-order valence-corrected chi connectivity index (χ2v) is 6.29. The number of hydrogen-bond acceptors (Lipinski definition) is 4. The third kappa shape index (κ3) is 3.81. The smallest absolute Gasteiger partial charge is 0.328 e. The van der Waals surface area contributed by atoms with Crippen LogP contribution in [0.5, 0.6) is 0 Å². The van der Waals surface area contributed by atoms with Gasteiger partial charge in [0.15, 0.2) is 0 Å². The van der Waals surface area contributed by atoms with Crippen molar-refractivity contribution in [2.24, 2.45) is 0 Å². The summed E-state index contributed by atoms with van der Waals surface area (Å²) >= 11 is 0. The van der Waals surface area contributed by atoms with Gasteiger partial charge in [-0.2, -0.15) is 0 Å². The normalized spacial score (nSPS) is 14.3. The topological polar surface area (TPSA) is 95.5 Å². The first-order chi connectivity index (χ1) is 12.9. The lowest BCUT2D eigenvalue weighted by Gasteiger charge is -2.34. The van der Waals surface area contributed by atoms with E-state index in [-0.39, 0.29) is 23.6 Å². The Kier molecular flexibility index (Phi) is 5.20. The summed E-state index contributed by atoms with van der Waals surface area (Å²) in [6.07, 6.45) is 1.09. The molecule has 0 spiro atoms. The van der Waals surface area contributed by atoms with Crippen molar-refractivity contribution in [3.05, 3.63) is 68.2 Å². The van der Waals surface area contributed by atoms with Crippen molar-refractivity contribution in [2.45, 2.75) is 13.5 Å². The molecule has 27 heavy (non-hydrogen) atoms. The molecule has 0 unspecified atom stereocenters. The van der Waals surface area contributed by atoms with E-state index in [4.69, 9.17) is 0 Å². The Hall–Kier alpha value is -3.23. The molecule has 1 aromatic carbocycles. The fourth-order valence-corrected chi connectivity index (χ4v) is 3.00. The molecule has 0 saturated carbocycles. The Bertz CT molecular complexity index is 989. The molecule has 3 rings (SSSR count). The van der Waals surface area contributed by atoms with E-state index in [0.29, 0.717) is 26.2 Å². The van der Waals surface area contributed by atoms with E-state index in [1.165, 1.54) is 30.0 Å². The van der Waals surface area contributed by atoms with E-state index in [9.17, 15) is 23.6 Å². The van der Waals surface area contributed by atoms with E-state index < -0.39 is 23.0 Å². The quantitative estimate of drug-likeness (QED) is 0.820. The number of carbonyl (C=O) groups is 2. The van der Waals surface area contributed by atoms with Gasteiger partial charge in [0.2, 0.25) is 5.91 Å². The van der Waals surface area contributed by atoms with Crippen molar-refractivity contribution in [1.29, 1.82) is 0 Å². The van der Waals surface area contributed by atoms with Crippen molar-refractivity contribution in [3.8, 4) is 0 Å². The zero-order chi connectivity index (χ0) is 19.6. The standard InChI is InChI=1S/C18H19FN4O4/c1-12(24)21-6-8-22(9-7-21)16(25)14-10-20-18(27)23(17(14)26)11-13-4-2-3-5-15(13)19/h2-5,10H,6-9,11H2,1H3,(H,20,27). The molecule has 0 atom stereocenters. The number of benzene rings is 1. The van der Waals surface area contributed by atoms with Crippen LogP contribution in [-0.2, 0) is 11.3 Å². The fraction of sp³-hybridized carbons (Fsp3) is 0.333. The molecule has 0 aliphatic carbocycles. The Balaban J connectivity index is 1.86. The van der Waals surface area contributed by atoms with Gasteiger partial charge in [-0.25, -0.2) is 9.18 Å². The zero-order valence-electron chi connectivity index (χ0n) is 14.8. The molecule has 2 heterocycles. The Morgan fingerprint density at radius 1 is 1.07 bits per heavy atom. The van der Waals surface area contributed by atoms with Crippen molar-refractivity contribution >= 4 is 11.8 Å². The molecule has 8 nitrogen and oxygen atoms in total. The highest BCUT2D eigenvalue weighted by atomic mass is 19.1. The van der Waals surface area contributed by atoms with E-state index >= 15 is 0 Å². The minimum atomic E-state index is -0.777. The summed E-state index contributed by atoms with van der Waals surface area (Å²) in [6.45, 7) is 2.54. The Labute approximate surface area is 153 Å². The molecular weight excluding hydrogens is 355 g/mol. The number of carbonyl (C=O) groups excluding carboxylic acids is 2. The van der Waals surface area contributed by atoms with Crippen LogP contribution in [0.3, 0.4) is 0 Å². The van der Waals surface area contributed by atoms with Gasteiger partial charge >= 0.3 is 5.69 Å². The summed E-state index contributed by atoms with van der Waals surface area (Å²) in [6, 6.07) is 5.81. The lowest BCUT2D eigenvalue weighted by Crippen LogP contribution is -2.51. The van der Waals surface area contributed by atoms with Crippen LogP contribution in [0.4, 0.5) is 4.39 Å². The van der Waals surface area contributed by atoms with Crippen LogP contribution in [-0.4, -0.2) is 57.3 Å². The molecule has 2 aromatic rings. The predicted molar refractivity (Wildman–Crippen MR) is 95.0 cm³/mol. The van der Waals surface area contributed by atoms with Crippen molar-refractivity contribution in [1.82, 2.24) is 19.4 Å². The maximum absolute atomic E-state index is 13.9. The fourth-order valence-electron chi connectivity index (χ4n) is 3.00. The monoisotopic (exact) mass is 374 g/mol. The molecule has 1 aromatic heterocycles. The maximum Gasteiger partial charge on any atom is 0.328 e. The minimum Gasteiger partial charge on any atom is -0.339 e. The average Bonchev–Trinajstić information content (AvgIpc) is 2.66. The number of halogens is 1. The number of amides is 2. The van der Waals surface area contributed by atoms with Gasteiger partial charge in [-0.1, -0.05) is 18.2 Å². The molecule has 9 heteroatoms. The number of rotatable bonds is 3. The van der Waals surface area contributed by atoms with E-state index in [1.807, 2.05) is 0 Å². The van der Waals surface area contributed by atoms with Crippen molar-refractivity contribution < 1.29 is 14.0 Å². The zero-order valence-corrected chi connectivity index (χ0v) is 14.8. The van der Waals surface area contributed by atoms with Crippen LogP contribution >= 0.6 is 0 Å². The van der Waals surface area contributed by atoms with Crippen LogP contribution in [0.25, 0.3) is 0 Å². The summed E-state index contributed by atoms with van der Waals surface area (Å²) < 4.78 is 14.7. The van der Waals surface area contributed by atoms with Gasteiger partial charge in [-0.3, -0.25) is 19.0 Å². The molecule has 1 fully saturated rings. The second kappa shape index (κ2) is 7.56. The van der Waals surface area contributed by atoms with Crippen molar-refractivity contribution in [3.63, 3.8) is 0 Å². The van der Waals surface area contributed by atoms with Gasteiger partial charge < -0.3 is 14.8 Å². The van der Waals surface area contributed by atoms with Gasteiger partial charge in [0.05, 0.1) is 6.54 Å². The number of nitrogens with zero attached hydrogens (tertiary/aromatic N) is 3. The number of H-pyrrole nitrogens is 1. The SMILES string of the molecule is CC(=O)N1CCN(C(=O)c2c[nH]c(=O)n(Cc3ccccc3F)c2=O)CC1. The van der Waals surface area contributed by atoms with E-state index in [2.05, 4.69) is 4.98 Å². The van der Waals surface area contributed by atoms with E-state index in [0.717, 1.165) is 10.8 Å². The number of aromatic nitrogens is 2. The molecule has 0 bridgehead atoms. The number of piperazine rings is 1. The number of hydrogen-bond donors (Lipinski definition) is 1. The molecule has 142 valence electrons. The first-order valence-corrected chi connectivity index (χ1v) is 8.49. The lowest BCUT2D eigenvalue weighted by atomic mass is 10.2. The lowest BCUT2D eigenvalue weighted by molar-refractivity contribution is -0.130. The highest BCUT2D eigenvalue weighted by Gasteiger charge is 2.26. The minimum absolute atomic E-state index is 0.0709.